The van der Waals surface area contributed by atoms with Gasteiger partial charge in [0.1, 0.15) is 28.3 Å². The summed E-state index contributed by atoms with van der Waals surface area (Å²) in [6.45, 7) is 22.8. The summed E-state index contributed by atoms with van der Waals surface area (Å²) in [5.74, 6) is 1.47. The van der Waals surface area contributed by atoms with Crippen molar-refractivity contribution in [3.05, 3.63) is 138 Å². The maximum atomic E-state index is 12.0. The first kappa shape index (κ1) is 45.0. The number of fused-ring (bicyclic) bond motifs is 1. The fraction of sp³-hybridized carbons (Fsp3) is 0.288. The molecule has 8 heteroatoms. The van der Waals surface area contributed by atoms with E-state index >= 15 is 0 Å². The van der Waals surface area contributed by atoms with Crippen LogP contribution in [0.1, 0.15) is 88.5 Å². The van der Waals surface area contributed by atoms with E-state index in [1.54, 1.807) is 0 Å². The van der Waals surface area contributed by atoms with Crippen LogP contribution in [-0.4, -0.2) is 27.7 Å². The number of phenolic OH excluding ortho intramolecular Hbond substituents is 1. The molecule has 1 aliphatic rings. The maximum Gasteiger partial charge on any atom is 0.224 e. The molecular weight excluding hydrogens is 1020 g/mol. The molecule has 1 fully saturated rings. The molecule has 0 atom stereocenters. The Balaban J connectivity index is 0.00000525. The van der Waals surface area contributed by atoms with Crippen LogP contribution in [0.4, 0.5) is 0 Å². The SMILES string of the molecule is Cc1cccc(C)c1-n1c(-c2ccc(-c3ccc(C4CCC(C)(C)CC4)cc3)cc2O)nc2c(-c3[c-]c(-c4cc5oc6cc([Si](C)(C)C)cc7oc(n4)c5c67)cc(C(C)(C)C)c3)cccc21.[Pt]. The number of benzene rings is 6. The molecule has 0 spiro atoms. The molecule has 4 aromatic heterocycles. The fourth-order valence-corrected chi connectivity index (χ4v) is 11.6. The van der Waals surface area contributed by atoms with Gasteiger partial charge >= 0.3 is 0 Å². The average molecular weight is 1080 g/mol. The second-order valence-electron chi connectivity index (χ2n) is 21.9. The van der Waals surface area contributed by atoms with E-state index in [1.165, 1.54) is 36.4 Å². The Kier molecular flexibility index (Phi) is 10.9. The van der Waals surface area contributed by atoms with Gasteiger partial charge in [0.2, 0.25) is 5.71 Å². The number of para-hydroxylation sites is 2. The third-order valence-electron chi connectivity index (χ3n) is 14.5. The number of imidazole rings is 1. The van der Waals surface area contributed by atoms with Crippen molar-refractivity contribution in [2.75, 3.05) is 0 Å². The summed E-state index contributed by atoms with van der Waals surface area (Å²) in [6, 6.07) is 42.4. The van der Waals surface area contributed by atoms with Gasteiger partial charge in [0.15, 0.2) is 0 Å². The minimum atomic E-state index is -1.62. The summed E-state index contributed by atoms with van der Waals surface area (Å²) in [6.07, 6.45) is 5.00. The number of aryl methyl sites for hydroxylation is 2. The van der Waals surface area contributed by atoms with Crippen LogP contribution in [0.15, 0.2) is 118 Å². The van der Waals surface area contributed by atoms with E-state index in [4.69, 9.17) is 18.8 Å². The van der Waals surface area contributed by atoms with E-state index < -0.39 is 8.07 Å². The summed E-state index contributed by atoms with van der Waals surface area (Å²) in [5, 5.41) is 15.3. The number of rotatable bonds is 7. The Bertz CT molecular complexity index is 3430. The monoisotopic (exact) mass is 1080 g/mol. The Morgan fingerprint density at radius 2 is 1.36 bits per heavy atom. The number of aromatic hydroxyl groups is 1. The van der Waals surface area contributed by atoms with Crippen molar-refractivity contribution in [3.8, 4) is 56.3 Å². The number of hydrogen-bond acceptors (Lipinski definition) is 5. The van der Waals surface area contributed by atoms with Gasteiger partial charge in [0, 0.05) is 26.8 Å². The second kappa shape index (κ2) is 16.2. The zero-order valence-corrected chi connectivity index (χ0v) is 43.5. The predicted octanol–water partition coefficient (Wildman–Crippen LogP) is 15.8. The summed E-state index contributed by atoms with van der Waals surface area (Å²) < 4.78 is 15.3. The fourth-order valence-electron chi connectivity index (χ4n) is 10.4. The van der Waals surface area contributed by atoms with Crippen molar-refractivity contribution in [1.29, 1.82) is 0 Å². The third kappa shape index (κ3) is 7.86. The van der Waals surface area contributed by atoms with Crippen LogP contribution in [0.2, 0.25) is 19.6 Å². The van der Waals surface area contributed by atoms with Gasteiger partial charge in [-0.25, -0.2) is 4.98 Å². The Morgan fingerprint density at radius 1 is 0.716 bits per heavy atom. The second-order valence-corrected chi connectivity index (χ2v) is 27.0. The summed E-state index contributed by atoms with van der Waals surface area (Å²) in [5.41, 5.74) is 17.0. The number of nitrogens with zero attached hydrogens (tertiary/aromatic N) is 3. The molecule has 67 heavy (non-hydrogen) atoms. The molecule has 0 aliphatic heterocycles. The quantitative estimate of drug-likeness (QED) is 0.127. The molecule has 1 aliphatic carbocycles. The van der Waals surface area contributed by atoms with Crippen LogP contribution in [0.25, 0.3) is 94.9 Å². The number of pyridine rings is 1. The molecule has 0 unspecified atom stereocenters. The van der Waals surface area contributed by atoms with E-state index in [0.717, 1.165) is 94.4 Å². The number of furan rings is 2. The van der Waals surface area contributed by atoms with E-state index in [2.05, 4.69) is 170 Å². The van der Waals surface area contributed by atoms with Gasteiger partial charge in [-0.2, -0.15) is 0 Å². The standard InChI is InChI=1S/C59H58N3O3Si.Pt/c1-34-13-11-14-35(2)55(34)62-47-16-12-15-44(54(47)61-56(62)45-22-21-39(30-48(45)63)37-19-17-36(18-20-37)38-23-25-59(6,7)26-24-38)40-27-41(29-42(28-40)58(3,4)5)46-33-51-53-52-49(64-51)31-43(66(8,9)10)32-50(52)65-57(53)60-46;/h11-22,28-33,38,63H,23-26H2,1-10H3;/q-1;. The average Bonchev–Trinajstić information content (AvgIpc) is 3.97. The normalized spacial score (nSPS) is 14.8. The van der Waals surface area contributed by atoms with Gasteiger partial charge in [0.25, 0.3) is 0 Å². The molecule has 0 saturated heterocycles. The van der Waals surface area contributed by atoms with Gasteiger partial charge < -0.3 is 13.9 Å². The Hall–Kier alpha value is -5.75. The van der Waals surface area contributed by atoms with Crippen molar-refractivity contribution in [2.45, 2.75) is 105 Å². The molecule has 342 valence electrons. The molecule has 6 aromatic carbocycles. The smallest absolute Gasteiger partial charge is 0.224 e. The largest absolute Gasteiger partial charge is 0.507 e. The van der Waals surface area contributed by atoms with Crippen LogP contribution in [0, 0.1) is 25.3 Å². The van der Waals surface area contributed by atoms with E-state index in [-0.39, 0.29) is 32.2 Å². The van der Waals surface area contributed by atoms with E-state index in [9.17, 15) is 5.11 Å². The van der Waals surface area contributed by atoms with E-state index in [1.807, 2.05) is 18.2 Å². The van der Waals surface area contributed by atoms with Crippen molar-refractivity contribution < 1.29 is 35.0 Å². The van der Waals surface area contributed by atoms with Crippen molar-refractivity contribution in [2.24, 2.45) is 5.41 Å². The Morgan fingerprint density at radius 3 is 2.03 bits per heavy atom. The molecule has 6 nitrogen and oxygen atoms in total. The first-order valence-corrected chi connectivity index (χ1v) is 27.1. The van der Waals surface area contributed by atoms with Crippen LogP contribution >= 0.6 is 0 Å². The van der Waals surface area contributed by atoms with Crippen molar-refractivity contribution in [3.63, 3.8) is 0 Å². The molecule has 10 aromatic rings. The topological polar surface area (TPSA) is 77.2 Å². The summed E-state index contributed by atoms with van der Waals surface area (Å²) >= 11 is 0. The first-order chi connectivity index (χ1) is 31.4. The first-order valence-electron chi connectivity index (χ1n) is 23.6. The minimum absolute atomic E-state index is 0. The molecule has 1 saturated carbocycles. The van der Waals surface area contributed by atoms with Crippen LogP contribution in [-0.2, 0) is 26.5 Å². The summed E-state index contributed by atoms with van der Waals surface area (Å²) in [7, 11) is -1.62. The summed E-state index contributed by atoms with van der Waals surface area (Å²) in [4.78, 5) is 10.7. The number of phenols is 1. The zero-order valence-electron chi connectivity index (χ0n) is 40.2. The molecule has 0 bridgehead atoms. The van der Waals surface area contributed by atoms with Crippen LogP contribution < -0.4 is 5.19 Å². The minimum Gasteiger partial charge on any atom is -0.507 e. The van der Waals surface area contributed by atoms with Gasteiger partial charge in [-0.1, -0.05) is 131 Å². The van der Waals surface area contributed by atoms with Crippen molar-refractivity contribution in [1.82, 2.24) is 14.5 Å². The van der Waals surface area contributed by atoms with Gasteiger partial charge in [-0.05, 0) is 120 Å². The third-order valence-corrected chi connectivity index (χ3v) is 16.5. The van der Waals surface area contributed by atoms with Crippen LogP contribution in [0.5, 0.6) is 5.75 Å². The van der Waals surface area contributed by atoms with Crippen LogP contribution in [0.3, 0.4) is 0 Å². The molecule has 4 heterocycles. The molecule has 0 amide bonds. The number of aromatic nitrogens is 3. The Labute approximate surface area is 409 Å². The molecular formula is C59H58N3O3PtSi-. The van der Waals surface area contributed by atoms with E-state index in [0.29, 0.717) is 28.4 Å². The zero-order chi connectivity index (χ0) is 46.0. The predicted molar refractivity (Wildman–Crippen MR) is 275 cm³/mol. The van der Waals surface area contributed by atoms with Gasteiger partial charge in [0.05, 0.1) is 41.1 Å². The molecule has 1 N–H and O–H groups in total. The maximum absolute atomic E-state index is 12.0. The molecule has 11 rings (SSSR count). The number of hydrogen-bond donors (Lipinski definition) is 1. The van der Waals surface area contributed by atoms with Gasteiger partial charge in [-0.15, -0.1) is 29.3 Å². The van der Waals surface area contributed by atoms with Gasteiger partial charge in [-0.3, -0.25) is 9.55 Å². The van der Waals surface area contributed by atoms with Crippen molar-refractivity contribution >= 4 is 57.5 Å². The molecule has 0 radical (unpaired) electrons.